The molecule has 202 valence electrons. The van der Waals surface area contributed by atoms with Crippen LogP contribution in [0.2, 0.25) is 0 Å². The number of rotatable bonds is 3. The Morgan fingerprint density at radius 2 is 1.60 bits per heavy atom. The van der Waals surface area contributed by atoms with Crippen LogP contribution in [0.4, 0.5) is 0 Å². The van der Waals surface area contributed by atoms with E-state index in [2.05, 4.69) is 130 Å². The average molecular weight is 569 g/mol. The molecule has 0 saturated carbocycles. The molecule has 1 aliphatic rings. The average Bonchev–Trinajstić information content (AvgIpc) is 3.72. The van der Waals surface area contributed by atoms with Crippen LogP contribution >= 0.6 is 11.3 Å². The molecule has 4 nitrogen and oxygen atoms in total. The molecule has 0 N–H and O–H groups in total. The third kappa shape index (κ3) is 3.71. The Morgan fingerprint density at radius 1 is 0.744 bits per heavy atom. The van der Waals surface area contributed by atoms with Crippen molar-refractivity contribution in [3.05, 3.63) is 133 Å². The lowest BCUT2D eigenvalue weighted by Gasteiger charge is -2.18. The second-order valence-corrected chi connectivity index (χ2v) is 12.2. The Morgan fingerprint density at radius 3 is 2.49 bits per heavy atom. The first-order valence-corrected chi connectivity index (χ1v) is 15.3. The number of nitrogens with zero attached hydrogens (tertiary/aromatic N) is 4. The predicted molar refractivity (Wildman–Crippen MR) is 179 cm³/mol. The van der Waals surface area contributed by atoms with Gasteiger partial charge in [-0.3, -0.25) is 4.40 Å². The summed E-state index contributed by atoms with van der Waals surface area (Å²) in [5.41, 5.74) is 9.69. The molecule has 0 amide bonds. The van der Waals surface area contributed by atoms with Crippen molar-refractivity contribution in [1.82, 2.24) is 14.0 Å². The molecular formula is C38H24N4S. The molecule has 1 aliphatic carbocycles. The fourth-order valence-electron chi connectivity index (χ4n) is 6.62. The van der Waals surface area contributed by atoms with E-state index in [4.69, 9.17) is 4.98 Å². The van der Waals surface area contributed by atoms with Gasteiger partial charge in [-0.05, 0) is 77.2 Å². The molecule has 5 heteroatoms. The highest BCUT2D eigenvalue weighted by atomic mass is 32.1. The zero-order valence-corrected chi connectivity index (χ0v) is 23.9. The van der Waals surface area contributed by atoms with E-state index in [0.717, 1.165) is 28.7 Å². The molecule has 0 spiro atoms. The SMILES string of the molecule is N#Cc1ccc2c3cc(-c4cccc(-c5ccc6nc7c8ccccc8sc7n6c5)c4)ccc3n(C3C=CC=CC3)c2c1. The van der Waals surface area contributed by atoms with Crippen LogP contribution in [-0.4, -0.2) is 14.0 Å². The van der Waals surface area contributed by atoms with Crippen LogP contribution < -0.4 is 0 Å². The summed E-state index contributed by atoms with van der Waals surface area (Å²) < 4.78 is 5.88. The molecule has 4 aromatic carbocycles. The number of pyridine rings is 1. The summed E-state index contributed by atoms with van der Waals surface area (Å²) in [6, 6.07) is 37.0. The maximum Gasteiger partial charge on any atom is 0.138 e. The zero-order valence-electron chi connectivity index (χ0n) is 23.1. The number of thiophene rings is 1. The van der Waals surface area contributed by atoms with E-state index in [0.29, 0.717) is 5.56 Å². The monoisotopic (exact) mass is 568 g/mol. The second-order valence-electron chi connectivity index (χ2n) is 11.2. The normalized spacial score (nSPS) is 14.9. The highest BCUT2D eigenvalue weighted by molar-refractivity contribution is 7.25. The zero-order chi connectivity index (χ0) is 28.5. The highest BCUT2D eigenvalue weighted by Gasteiger charge is 2.18. The summed E-state index contributed by atoms with van der Waals surface area (Å²) in [7, 11) is 0. The van der Waals surface area contributed by atoms with Gasteiger partial charge in [0.05, 0.1) is 23.2 Å². The molecule has 0 fully saturated rings. The van der Waals surface area contributed by atoms with Crippen LogP contribution in [0.5, 0.6) is 0 Å². The van der Waals surface area contributed by atoms with Crippen molar-refractivity contribution in [3.8, 4) is 28.3 Å². The van der Waals surface area contributed by atoms with Crippen molar-refractivity contribution in [1.29, 1.82) is 5.26 Å². The van der Waals surface area contributed by atoms with Gasteiger partial charge in [-0.15, -0.1) is 11.3 Å². The van der Waals surface area contributed by atoms with E-state index >= 15 is 0 Å². The first-order valence-electron chi connectivity index (χ1n) is 14.5. The number of allylic oxidation sites excluding steroid dienone is 4. The van der Waals surface area contributed by atoms with E-state index in [1.165, 1.54) is 47.9 Å². The minimum atomic E-state index is 0.221. The fourth-order valence-corrected chi connectivity index (χ4v) is 7.74. The molecule has 4 heterocycles. The number of benzene rings is 4. The fraction of sp³-hybridized carbons (Fsp3) is 0.0526. The Bertz CT molecular complexity index is 2510. The molecule has 1 atom stereocenters. The molecule has 0 radical (unpaired) electrons. The second kappa shape index (κ2) is 9.29. The molecule has 0 saturated heterocycles. The van der Waals surface area contributed by atoms with E-state index in [9.17, 15) is 5.26 Å². The first-order chi connectivity index (χ1) is 21.2. The van der Waals surface area contributed by atoms with Crippen LogP contribution in [0.15, 0.2) is 128 Å². The van der Waals surface area contributed by atoms with E-state index in [-0.39, 0.29) is 6.04 Å². The third-order valence-corrected chi connectivity index (χ3v) is 9.83. The van der Waals surface area contributed by atoms with Gasteiger partial charge in [-0.1, -0.05) is 72.8 Å². The lowest BCUT2D eigenvalue weighted by Crippen LogP contribution is -2.06. The van der Waals surface area contributed by atoms with Gasteiger partial charge in [0.15, 0.2) is 0 Å². The van der Waals surface area contributed by atoms with Gasteiger partial charge in [0.2, 0.25) is 0 Å². The van der Waals surface area contributed by atoms with Gasteiger partial charge in [-0.2, -0.15) is 5.26 Å². The van der Waals surface area contributed by atoms with Gasteiger partial charge in [-0.25, -0.2) is 4.98 Å². The van der Waals surface area contributed by atoms with Crippen molar-refractivity contribution in [3.63, 3.8) is 0 Å². The lowest BCUT2D eigenvalue weighted by molar-refractivity contribution is 0.648. The summed E-state index contributed by atoms with van der Waals surface area (Å²) in [5.74, 6) is 0. The van der Waals surface area contributed by atoms with Crippen LogP contribution in [0.25, 0.3) is 70.1 Å². The van der Waals surface area contributed by atoms with Gasteiger partial charge >= 0.3 is 0 Å². The van der Waals surface area contributed by atoms with Crippen LogP contribution in [-0.2, 0) is 0 Å². The molecule has 4 aromatic heterocycles. The molecule has 8 aromatic rings. The van der Waals surface area contributed by atoms with E-state index < -0.39 is 0 Å². The maximum atomic E-state index is 9.63. The predicted octanol–water partition coefficient (Wildman–Crippen LogP) is 10.1. The van der Waals surface area contributed by atoms with Crippen LogP contribution in [0.1, 0.15) is 18.0 Å². The number of aromatic nitrogens is 3. The van der Waals surface area contributed by atoms with Gasteiger partial charge in [0.25, 0.3) is 0 Å². The quantitative estimate of drug-likeness (QED) is 0.213. The smallest absolute Gasteiger partial charge is 0.138 e. The van der Waals surface area contributed by atoms with Gasteiger partial charge in [0.1, 0.15) is 16.0 Å². The van der Waals surface area contributed by atoms with Crippen LogP contribution in [0.3, 0.4) is 0 Å². The molecule has 1 unspecified atom stereocenters. The minimum absolute atomic E-state index is 0.221. The molecule has 0 aliphatic heterocycles. The Kier molecular flexibility index (Phi) is 5.22. The van der Waals surface area contributed by atoms with E-state index in [1.54, 1.807) is 11.3 Å². The van der Waals surface area contributed by atoms with E-state index in [1.807, 2.05) is 12.1 Å². The Balaban J connectivity index is 1.17. The molecule has 0 bridgehead atoms. The van der Waals surface area contributed by atoms with Crippen LogP contribution in [0, 0.1) is 11.3 Å². The topological polar surface area (TPSA) is 46.0 Å². The maximum absolute atomic E-state index is 9.63. The van der Waals surface area contributed by atoms with Gasteiger partial charge < -0.3 is 4.57 Å². The van der Waals surface area contributed by atoms with Gasteiger partial charge in [0, 0.05) is 32.6 Å². The van der Waals surface area contributed by atoms with Crippen molar-refractivity contribution >= 4 is 59.2 Å². The molecular weight excluding hydrogens is 545 g/mol. The van der Waals surface area contributed by atoms with Crippen molar-refractivity contribution < 1.29 is 0 Å². The number of hydrogen-bond donors (Lipinski definition) is 0. The molecule has 9 rings (SSSR count). The summed E-state index contributed by atoms with van der Waals surface area (Å²) in [5, 5.41) is 13.2. The number of fused-ring (bicyclic) bond motifs is 8. The largest absolute Gasteiger partial charge is 0.333 e. The number of hydrogen-bond acceptors (Lipinski definition) is 3. The Labute approximate surface area is 251 Å². The van der Waals surface area contributed by atoms with Crippen molar-refractivity contribution in [2.75, 3.05) is 0 Å². The highest BCUT2D eigenvalue weighted by Crippen LogP contribution is 2.38. The number of imidazole rings is 1. The lowest BCUT2D eigenvalue weighted by atomic mass is 9.98. The minimum Gasteiger partial charge on any atom is -0.333 e. The first kappa shape index (κ1) is 24.2. The standard InChI is InChI=1S/C38H24N4S/c39-22-24-13-16-30-32-21-27(14-17-33(32)42(34(30)19-24)29-9-2-1-3-10-29)25-7-6-8-26(20-25)28-15-18-36-40-37-31-11-4-5-12-35(31)43-38(37)41(36)23-28/h1-9,11-21,23,29H,10H2. The summed E-state index contributed by atoms with van der Waals surface area (Å²) >= 11 is 1.79. The van der Waals surface area contributed by atoms with Crippen molar-refractivity contribution in [2.45, 2.75) is 12.5 Å². The summed E-state index contributed by atoms with van der Waals surface area (Å²) in [6.45, 7) is 0. The third-order valence-electron chi connectivity index (χ3n) is 8.68. The number of nitriles is 1. The Hall–Kier alpha value is -5.44. The summed E-state index contributed by atoms with van der Waals surface area (Å²) in [4.78, 5) is 6.13. The summed E-state index contributed by atoms with van der Waals surface area (Å²) in [6.07, 6.45) is 11.8. The van der Waals surface area contributed by atoms with Crippen molar-refractivity contribution in [2.24, 2.45) is 0 Å². The molecule has 43 heavy (non-hydrogen) atoms.